The van der Waals surface area contributed by atoms with Crippen LogP contribution in [0.3, 0.4) is 0 Å². The van der Waals surface area contributed by atoms with Crippen LogP contribution < -0.4 is 10.6 Å². The molecule has 3 N–H and O–H groups in total. The van der Waals surface area contributed by atoms with E-state index >= 15 is 0 Å². The predicted octanol–water partition coefficient (Wildman–Crippen LogP) is 2.93. The quantitative estimate of drug-likeness (QED) is 0.797. The normalized spacial score (nSPS) is 21.0. The van der Waals surface area contributed by atoms with Crippen molar-refractivity contribution in [2.75, 3.05) is 11.9 Å². The maximum absolute atomic E-state index is 11.9. The first-order valence-electron chi connectivity index (χ1n) is 7.32. The van der Waals surface area contributed by atoms with E-state index in [9.17, 15) is 9.59 Å². The second kappa shape index (κ2) is 6.61. The van der Waals surface area contributed by atoms with Crippen LogP contribution in [0.15, 0.2) is 18.2 Å². The minimum Gasteiger partial charge on any atom is -0.481 e. The summed E-state index contributed by atoms with van der Waals surface area (Å²) in [5.41, 5.74) is 2.87. The van der Waals surface area contributed by atoms with E-state index in [-0.39, 0.29) is 17.9 Å². The summed E-state index contributed by atoms with van der Waals surface area (Å²) in [7, 11) is 0. The van der Waals surface area contributed by atoms with E-state index in [1.165, 1.54) is 0 Å². The van der Waals surface area contributed by atoms with Crippen LogP contribution >= 0.6 is 0 Å². The molecule has 2 unspecified atom stereocenters. The monoisotopic (exact) mass is 290 g/mol. The van der Waals surface area contributed by atoms with Crippen molar-refractivity contribution < 1.29 is 14.7 Å². The molecule has 0 radical (unpaired) electrons. The van der Waals surface area contributed by atoms with Crippen LogP contribution in [0.4, 0.5) is 10.5 Å². The summed E-state index contributed by atoms with van der Waals surface area (Å²) in [6, 6.07) is 5.60. The van der Waals surface area contributed by atoms with Crippen molar-refractivity contribution in [1.82, 2.24) is 5.32 Å². The van der Waals surface area contributed by atoms with Crippen molar-refractivity contribution in [2.24, 2.45) is 11.8 Å². The van der Waals surface area contributed by atoms with Gasteiger partial charge in [0, 0.05) is 12.2 Å². The lowest BCUT2D eigenvalue weighted by atomic mass is 9.96. The zero-order valence-electron chi connectivity index (χ0n) is 12.5. The third-order valence-corrected chi connectivity index (χ3v) is 4.14. The van der Waals surface area contributed by atoms with Gasteiger partial charge in [-0.2, -0.15) is 0 Å². The third kappa shape index (κ3) is 3.97. The maximum Gasteiger partial charge on any atom is 0.319 e. The second-order valence-electron chi connectivity index (χ2n) is 5.79. The highest BCUT2D eigenvalue weighted by atomic mass is 16.4. The number of benzene rings is 1. The first-order valence-corrected chi connectivity index (χ1v) is 7.32. The standard InChI is InChI=1S/C16H22N2O3/c1-10-6-7-11(2)14(8-10)18-16(21)17-9-12-4-3-5-13(12)15(19)20/h6-8,12-13H,3-5,9H2,1-2H3,(H,19,20)(H2,17,18,21). The number of carbonyl (C=O) groups is 2. The fourth-order valence-electron chi connectivity index (χ4n) is 2.87. The van der Waals surface area contributed by atoms with Gasteiger partial charge in [0.25, 0.3) is 0 Å². The molecule has 5 heteroatoms. The molecule has 1 fully saturated rings. The lowest BCUT2D eigenvalue weighted by Crippen LogP contribution is -2.35. The molecule has 2 rings (SSSR count). The van der Waals surface area contributed by atoms with Gasteiger partial charge in [-0.25, -0.2) is 4.79 Å². The lowest BCUT2D eigenvalue weighted by Gasteiger charge is -2.17. The zero-order valence-corrected chi connectivity index (χ0v) is 12.5. The van der Waals surface area contributed by atoms with Crippen LogP contribution in [0.2, 0.25) is 0 Å². The lowest BCUT2D eigenvalue weighted by molar-refractivity contribution is -0.142. The van der Waals surface area contributed by atoms with Crippen LogP contribution in [0.1, 0.15) is 30.4 Å². The number of rotatable bonds is 4. The average Bonchev–Trinajstić information content (AvgIpc) is 2.89. The highest BCUT2D eigenvalue weighted by Gasteiger charge is 2.32. The smallest absolute Gasteiger partial charge is 0.319 e. The summed E-state index contributed by atoms with van der Waals surface area (Å²) in [5.74, 6) is -1.05. The van der Waals surface area contributed by atoms with E-state index in [1.54, 1.807) is 0 Å². The molecule has 1 aliphatic carbocycles. The van der Waals surface area contributed by atoms with Gasteiger partial charge in [-0.1, -0.05) is 18.6 Å². The predicted molar refractivity (Wildman–Crippen MR) is 81.4 cm³/mol. The molecule has 2 atom stereocenters. The van der Waals surface area contributed by atoms with Gasteiger partial charge in [-0.05, 0) is 49.8 Å². The number of hydrogen-bond donors (Lipinski definition) is 3. The average molecular weight is 290 g/mol. The SMILES string of the molecule is Cc1ccc(C)c(NC(=O)NCC2CCCC2C(=O)O)c1. The zero-order chi connectivity index (χ0) is 15.4. The van der Waals surface area contributed by atoms with Crippen LogP contribution in [-0.4, -0.2) is 23.7 Å². The fraction of sp³-hybridized carbons (Fsp3) is 0.500. The molecule has 1 aromatic carbocycles. The molecule has 2 amide bonds. The highest BCUT2D eigenvalue weighted by Crippen LogP contribution is 2.31. The number of nitrogens with one attached hydrogen (secondary N) is 2. The molecule has 0 spiro atoms. The number of carbonyl (C=O) groups excluding carboxylic acids is 1. The Balaban J connectivity index is 1.87. The Morgan fingerprint density at radius 3 is 2.76 bits per heavy atom. The highest BCUT2D eigenvalue weighted by molar-refractivity contribution is 5.90. The molecule has 5 nitrogen and oxygen atoms in total. The van der Waals surface area contributed by atoms with E-state index < -0.39 is 5.97 Å². The fourth-order valence-corrected chi connectivity index (χ4v) is 2.87. The van der Waals surface area contributed by atoms with Crippen LogP contribution in [0.25, 0.3) is 0 Å². The van der Waals surface area contributed by atoms with Crippen molar-refractivity contribution in [3.05, 3.63) is 29.3 Å². The molecule has 21 heavy (non-hydrogen) atoms. The van der Waals surface area contributed by atoms with Crippen LogP contribution in [0, 0.1) is 25.7 Å². The van der Waals surface area contributed by atoms with E-state index in [0.29, 0.717) is 13.0 Å². The second-order valence-corrected chi connectivity index (χ2v) is 5.79. The Kier molecular flexibility index (Phi) is 4.83. The molecule has 0 aromatic heterocycles. The largest absolute Gasteiger partial charge is 0.481 e. The van der Waals surface area contributed by atoms with E-state index in [1.807, 2.05) is 32.0 Å². The summed E-state index contributed by atoms with van der Waals surface area (Å²) < 4.78 is 0. The minimum atomic E-state index is -0.755. The molecule has 0 saturated heterocycles. The van der Waals surface area contributed by atoms with Gasteiger partial charge >= 0.3 is 12.0 Å². The van der Waals surface area contributed by atoms with Gasteiger partial charge in [-0.15, -0.1) is 0 Å². The minimum absolute atomic E-state index is 0.0341. The number of aliphatic carboxylic acids is 1. The summed E-state index contributed by atoms with van der Waals surface area (Å²) in [6.45, 7) is 4.32. The Hall–Kier alpha value is -2.04. The Labute approximate surface area is 124 Å². The number of aryl methyl sites for hydroxylation is 2. The number of carboxylic acids is 1. The first kappa shape index (κ1) is 15.4. The van der Waals surface area contributed by atoms with Gasteiger partial charge in [0.05, 0.1) is 5.92 Å². The summed E-state index contributed by atoms with van der Waals surface area (Å²) >= 11 is 0. The molecule has 1 aromatic rings. The van der Waals surface area contributed by atoms with Crippen molar-refractivity contribution in [2.45, 2.75) is 33.1 Å². The Morgan fingerprint density at radius 2 is 2.05 bits per heavy atom. The molecule has 0 bridgehead atoms. The van der Waals surface area contributed by atoms with E-state index in [2.05, 4.69) is 10.6 Å². The molecule has 0 heterocycles. The molecular weight excluding hydrogens is 268 g/mol. The number of anilines is 1. The van der Waals surface area contributed by atoms with E-state index in [0.717, 1.165) is 29.7 Å². The van der Waals surface area contributed by atoms with Crippen LogP contribution in [0.5, 0.6) is 0 Å². The van der Waals surface area contributed by atoms with Gasteiger partial charge < -0.3 is 15.7 Å². The van der Waals surface area contributed by atoms with Crippen molar-refractivity contribution in [1.29, 1.82) is 0 Å². The summed E-state index contributed by atoms with van der Waals surface area (Å²) in [4.78, 5) is 23.0. The van der Waals surface area contributed by atoms with Crippen molar-refractivity contribution >= 4 is 17.7 Å². The molecule has 114 valence electrons. The number of carboxylic acid groups (broad SMARTS) is 1. The number of urea groups is 1. The van der Waals surface area contributed by atoms with Crippen molar-refractivity contribution in [3.63, 3.8) is 0 Å². The molecule has 1 aliphatic rings. The van der Waals surface area contributed by atoms with E-state index in [4.69, 9.17) is 5.11 Å². The van der Waals surface area contributed by atoms with Crippen LogP contribution in [-0.2, 0) is 4.79 Å². The Morgan fingerprint density at radius 1 is 1.29 bits per heavy atom. The maximum atomic E-state index is 11.9. The summed E-state index contributed by atoms with van der Waals surface area (Å²) in [5, 5.41) is 14.7. The first-order chi connectivity index (χ1) is 9.97. The molecular formula is C16H22N2O3. The topological polar surface area (TPSA) is 78.4 Å². The number of amides is 2. The Bertz CT molecular complexity index is 542. The summed E-state index contributed by atoms with van der Waals surface area (Å²) in [6.07, 6.45) is 2.49. The van der Waals surface area contributed by atoms with Gasteiger partial charge in [-0.3, -0.25) is 4.79 Å². The van der Waals surface area contributed by atoms with Gasteiger partial charge in [0.15, 0.2) is 0 Å². The van der Waals surface area contributed by atoms with Gasteiger partial charge in [0.1, 0.15) is 0 Å². The van der Waals surface area contributed by atoms with Crippen molar-refractivity contribution in [3.8, 4) is 0 Å². The molecule has 1 saturated carbocycles. The van der Waals surface area contributed by atoms with Gasteiger partial charge in [0.2, 0.25) is 0 Å². The molecule has 0 aliphatic heterocycles. The third-order valence-electron chi connectivity index (χ3n) is 4.14. The number of hydrogen-bond acceptors (Lipinski definition) is 2.